The molecule has 0 amide bonds. The lowest BCUT2D eigenvalue weighted by molar-refractivity contribution is 0.0850. The average molecular weight is 130 g/mol. The van der Waals surface area contributed by atoms with Crippen LogP contribution >= 0.6 is 0 Å². The Hall–Kier alpha value is -0.0800. The van der Waals surface area contributed by atoms with Crippen LogP contribution in [-0.4, -0.2) is 5.79 Å². The summed E-state index contributed by atoms with van der Waals surface area (Å²) in [6.07, 6.45) is 1.98. The molecule has 0 aliphatic carbocycles. The molecule has 0 bridgehead atoms. The Morgan fingerprint density at radius 2 is 1.89 bits per heavy atom. The van der Waals surface area contributed by atoms with Gasteiger partial charge in [0.15, 0.2) is 0 Å². The molecule has 2 heteroatoms. The Morgan fingerprint density at radius 3 is 2.00 bits per heavy atom. The molecular formula is C7H14O2. The van der Waals surface area contributed by atoms with Crippen molar-refractivity contribution in [1.82, 2.24) is 0 Å². The van der Waals surface area contributed by atoms with E-state index in [1.54, 1.807) is 0 Å². The predicted molar refractivity (Wildman–Crippen MR) is 34.6 cm³/mol. The second-order valence-corrected chi connectivity index (χ2v) is 3.03. The number of hydrogen-bond acceptors (Lipinski definition) is 2. The van der Waals surface area contributed by atoms with Gasteiger partial charge in [-0.25, -0.2) is 0 Å². The normalized spacial score (nSPS) is 22.7. The van der Waals surface area contributed by atoms with E-state index in [2.05, 4.69) is 20.8 Å². The lowest BCUT2D eigenvalue weighted by Crippen LogP contribution is -2.11. The third kappa shape index (κ3) is 1.66. The first kappa shape index (κ1) is 7.03. The smallest absolute Gasteiger partial charge is 0.195 e. The molecular weight excluding hydrogens is 116 g/mol. The van der Waals surface area contributed by atoms with Gasteiger partial charge in [0.2, 0.25) is 5.79 Å². The maximum atomic E-state index is 4.86. The molecule has 0 aromatic heterocycles. The van der Waals surface area contributed by atoms with Crippen molar-refractivity contribution in [3.05, 3.63) is 0 Å². The van der Waals surface area contributed by atoms with Gasteiger partial charge >= 0.3 is 0 Å². The fourth-order valence-electron chi connectivity index (χ4n) is 1.01. The zero-order valence-corrected chi connectivity index (χ0v) is 6.31. The zero-order valence-electron chi connectivity index (χ0n) is 6.31. The van der Waals surface area contributed by atoms with Gasteiger partial charge in [0.1, 0.15) is 0 Å². The van der Waals surface area contributed by atoms with Crippen LogP contribution in [0, 0.1) is 5.92 Å². The molecule has 0 radical (unpaired) electrons. The first-order chi connectivity index (χ1) is 4.18. The molecule has 0 aromatic carbocycles. The van der Waals surface area contributed by atoms with Crippen molar-refractivity contribution in [2.75, 3.05) is 0 Å². The van der Waals surface area contributed by atoms with E-state index in [0.29, 0.717) is 5.92 Å². The van der Waals surface area contributed by atoms with Crippen LogP contribution in [0.5, 0.6) is 0 Å². The highest BCUT2D eigenvalue weighted by Crippen LogP contribution is 2.38. The molecule has 0 atom stereocenters. The third-order valence-corrected chi connectivity index (χ3v) is 1.58. The summed E-state index contributed by atoms with van der Waals surface area (Å²) in [6, 6.07) is 0. The molecule has 2 nitrogen and oxygen atoms in total. The van der Waals surface area contributed by atoms with Crippen LogP contribution in [0.3, 0.4) is 0 Å². The summed E-state index contributed by atoms with van der Waals surface area (Å²) in [6.45, 7) is 6.42. The van der Waals surface area contributed by atoms with Gasteiger partial charge in [0.25, 0.3) is 0 Å². The van der Waals surface area contributed by atoms with Crippen LogP contribution in [0.25, 0.3) is 0 Å². The van der Waals surface area contributed by atoms with Crippen molar-refractivity contribution in [2.45, 2.75) is 39.4 Å². The number of rotatable bonds is 3. The fourth-order valence-corrected chi connectivity index (χ4v) is 1.01. The van der Waals surface area contributed by atoms with Gasteiger partial charge in [-0.15, -0.1) is 0 Å². The molecule has 1 aliphatic rings. The minimum atomic E-state index is -0.186. The molecule has 9 heavy (non-hydrogen) atoms. The quantitative estimate of drug-likeness (QED) is 0.431. The molecule has 0 saturated carbocycles. The van der Waals surface area contributed by atoms with E-state index in [0.717, 1.165) is 12.8 Å². The van der Waals surface area contributed by atoms with Gasteiger partial charge in [0, 0.05) is 12.8 Å². The van der Waals surface area contributed by atoms with Crippen molar-refractivity contribution in [3.8, 4) is 0 Å². The van der Waals surface area contributed by atoms with Gasteiger partial charge in [-0.05, 0) is 5.92 Å². The second-order valence-electron chi connectivity index (χ2n) is 3.03. The van der Waals surface area contributed by atoms with Gasteiger partial charge in [-0.1, -0.05) is 20.8 Å². The van der Waals surface area contributed by atoms with Crippen LogP contribution in [0.2, 0.25) is 0 Å². The molecule has 0 aromatic rings. The van der Waals surface area contributed by atoms with Crippen LogP contribution in [-0.2, 0) is 9.78 Å². The molecule has 54 valence electrons. The fraction of sp³-hybridized carbons (Fsp3) is 1.00. The van der Waals surface area contributed by atoms with Crippen molar-refractivity contribution in [2.24, 2.45) is 5.92 Å². The summed E-state index contributed by atoms with van der Waals surface area (Å²) in [5.74, 6) is 0.473. The van der Waals surface area contributed by atoms with Crippen molar-refractivity contribution in [3.63, 3.8) is 0 Å². The van der Waals surface area contributed by atoms with Crippen LogP contribution in [0.15, 0.2) is 0 Å². The molecule has 1 rings (SSSR count). The predicted octanol–water partition coefficient (Wildman–Crippen LogP) is 2.10. The van der Waals surface area contributed by atoms with Crippen LogP contribution < -0.4 is 0 Å². The Labute approximate surface area is 56.1 Å². The van der Waals surface area contributed by atoms with Gasteiger partial charge in [0.05, 0.1) is 0 Å². The van der Waals surface area contributed by atoms with Gasteiger partial charge in [-0.2, -0.15) is 9.78 Å². The standard InChI is InChI=1S/C7H14O2/c1-4-7(8-9-7)5-6(2)3/h6H,4-5H2,1-3H3. The summed E-state index contributed by atoms with van der Waals surface area (Å²) in [7, 11) is 0. The summed E-state index contributed by atoms with van der Waals surface area (Å²) in [5.41, 5.74) is 0. The Bertz CT molecular complexity index is 95.1. The molecule has 1 aliphatic heterocycles. The van der Waals surface area contributed by atoms with E-state index in [1.807, 2.05) is 0 Å². The van der Waals surface area contributed by atoms with Crippen molar-refractivity contribution >= 4 is 0 Å². The van der Waals surface area contributed by atoms with Crippen molar-refractivity contribution < 1.29 is 9.78 Å². The summed E-state index contributed by atoms with van der Waals surface area (Å²) >= 11 is 0. The third-order valence-electron chi connectivity index (χ3n) is 1.58. The molecule has 1 heterocycles. The highest BCUT2D eigenvalue weighted by Gasteiger charge is 2.46. The molecule has 1 fully saturated rings. The highest BCUT2D eigenvalue weighted by atomic mass is 17.4. The SMILES string of the molecule is CCC1(CC(C)C)OO1. The van der Waals surface area contributed by atoms with Crippen LogP contribution in [0.1, 0.15) is 33.6 Å². The Morgan fingerprint density at radius 1 is 1.33 bits per heavy atom. The maximum Gasteiger partial charge on any atom is 0.234 e. The van der Waals surface area contributed by atoms with E-state index in [4.69, 9.17) is 9.78 Å². The zero-order chi connectivity index (χ0) is 6.91. The van der Waals surface area contributed by atoms with Crippen LogP contribution in [0.4, 0.5) is 0 Å². The summed E-state index contributed by atoms with van der Waals surface area (Å²) < 4.78 is 0. The highest BCUT2D eigenvalue weighted by molar-refractivity contribution is 4.73. The average Bonchev–Trinajstić information content (AvgIpc) is 2.48. The van der Waals surface area contributed by atoms with E-state index in [-0.39, 0.29) is 5.79 Å². The number of hydrogen-bond donors (Lipinski definition) is 0. The van der Waals surface area contributed by atoms with Gasteiger partial charge in [-0.3, -0.25) is 0 Å². The Kier molecular flexibility index (Phi) is 1.78. The Balaban J connectivity index is 2.25. The van der Waals surface area contributed by atoms with E-state index < -0.39 is 0 Å². The van der Waals surface area contributed by atoms with E-state index in [9.17, 15) is 0 Å². The first-order valence-corrected chi connectivity index (χ1v) is 3.55. The monoisotopic (exact) mass is 130 g/mol. The summed E-state index contributed by atoms with van der Waals surface area (Å²) in [4.78, 5) is 9.71. The molecule has 0 N–H and O–H groups in total. The molecule has 0 spiro atoms. The van der Waals surface area contributed by atoms with Crippen molar-refractivity contribution in [1.29, 1.82) is 0 Å². The largest absolute Gasteiger partial charge is 0.234 e. The molecule has 0 unspecified atom stereocenters. The lowest BCUT2D eigenvalue weighted by Gasteiger charge is -2.05. The molecule has 1 saturated heterocycles. The van der Waals surface area contributed by atoms with E-state index >= 15 is 0 Å². The van der Waals surface area contributed by atoms with Gasteiger partial charge < -0.3 is 0 Å². The lowest BCUT2D eigenvalue weighted by atomic mass is 10.0. The topological polar surface area (TPSA) is 25.1 Å². The minimum Gasteiger partial charge on any atom is -0.195 e. The van der Waals surface area contributed by atoms with E-state index in [1.165, 1.54) is 0 Å². The minimum absolute atomic E-state index is 0.186. The summed E-state index contributed by atoms with van der Waals surface area (Å²) in [5, 5.41) is 0. The second kappa shape index (κ2) is 2.27. The first-order valence-electron chi connectivity index (χ1n) is 3.55. The maximum absolute atomic E-state index is 4.86.